The fourth-order valence-corrected chi connectivity index (χ4v) is 4.04. The van der Waals surface area contributed by atoms with Gasteiger partial charge in [0.15, 0.2) is 11.4 Å². The van der Waals surface area contributed by atoms with Crippen molar-refractivity contribution in [2.24, 2.45) is 0 Å². The summed E-state index contributed by atoms with van der Waals surface area (Å²) in [6.45, 7) is 4.61. The summed E-state index contributed by atoms with van der Waals surface area (Å²) in [5.74, 6) is 1.24. The Morgan fingerprint density at radius 1 is 1.27 bits per heavy atom. The number of alkyl halides is 2. The maximum Gasteiger partial charge on any atom is 0.282 e. The summed E-state index contributed by atoms with van der Waals surface area (Å²) in [4.78, 5) is 9.02. The summed E-state index contributed by atoms with van der Waals surface area (Å²) in [6.07, 6.45) is -1.12. The fourth-order valence-electron chi connectivity index (χ4n) is 3.63. The van der Waals surface area contributed by atoms with Crippen molar-refractivity contribution in [3.05, 3.63) is 58.1 Å². The Morgan fingerprint density at radius 3 is 2.70 bits per heavy atom. The molecule has 1 aliphatic heterocycles. The number of hydrogen-bond acceptors (Lipinski definition) is 6. The van der Waals surface area contributed by atoms with Gasteiger partial charge in [-0.05, 0) is 54.0 Å². The highest BCUT2D eigenvalue weighted by atomic mass is 79.9. The second-order valence-electron chi connectivity index (χ2n) is 8.01. The maximum absolute atomic E-state index is 13.2. The molecule has 4 heterocycles. The van der Waals surface area contributed by atoms with E-state index in [1.807, 2.05) is 19.1 Å². The predicted octanol–water partition coefficient (Wildman–Crippen LogP) is 4.65. The molecular weight excluding hydrogens is 498 g/mol. The van der Waals surface area contributed by atoms with E-state index in [9.17, 15) is 14.0 Å². The summed E-state index contributed by atoms with van der Waals surface area (Å²) < 4.78 is 41.5. The number of hydrogen-bond donors (Lipinski definition) is 0. The van der Waals surface area contributed by atoms with E-state index in [0.717, 1.165) is 9.99 Å². The minimum absolute atomic E-state index is 0.161. The van der Waals surface area contributed by atoms with Crippen molar-refractivity contribution < 1.29 is 18.3 Å². The van der Waals surface area contributed by atoms with Gasteiger partial charge < -0.3 is 9.47 Å². The lowest BCUT2D eigenvalue weighted by atomic mass is 10.1. The van der Waals surface area contributed by atoms with Crippen molar-refractivity contribution in [1.29, 1.82) is 5.26 Å². The number of benzene rings is 1. The van der Waals surface area contributed by atoms with Crippen molar-refractivity contribution in [2.75, 3.05) is 13.2 Å². The molecule has 1 aromatic carbocycles. The number of nitriles is 1. The minimum Gasteiger partial charge on any atom is -0.481 e. The third-order valence-electron chi connectivity index (χ3n) is 5.33. The van der Waals surface area contributed by atoms with E-state index in [1.54, 1.807) is 30.0 Å². The van der Waals surface area contributed by atoms with E-state index in [0.29, 0.717) is 36.0 Å². The fraction of sp³-hybridized carbons (Fsp3) is 0.273. The van der Waals surface area contributed by atoms with Crippen molar-refractivity contribution in [3.8, 4) is 23.5 Å². The molecule has 0 atom stereocenters. The molecule has 0 saturated carbocycles. The highest BCUT2D eigenvalue weighted by molar-refractivity contribution is 9.10. The Morgan fingerprint density at radius 2 is 2.06 bits per heavy atom. The molecule has 0 bridgehead atoms. The van der Waals surface area contributed by atoms with Crippen LogP contribution in [-0.4, -0.2) is 43.1 Å². The predicted molar refractivity (Wildman–Crippen MR) is 118 cm³/mol. The maximum atomic E-state index is 13.2. The van der Waals surface area contributed by atoms with E-state index >= 15 is 0 Å². The van der Waals surface area contributed by atoms with Gasteiger partial charge in [0.1, 0.15) is 29.7 Å². The Hall–Kier alpha value is -3.36. The zero-order valence-electron chi connectivity index (χ0n) is 17.6. The molecule has 11 heteroatoms. The second kappa shape index (κ2) is 7.90. The molecule has 4 aromatic rings. The molecule has 3 aromatic heterocycles. The van der Waals surface area contributed by atoms with Crippen LogP contribution in [-0.2, 0) is 4.74 Å². The number of imidazole rings is 1. The van der Waals surface area contributed by atoms with Crippen molar-refractivity contribution >= 4 is 27.0 Å². The van der Waals surface area contributed by atoms with Crippen molar-refractivity contribution in [3.63, 3.8) is 0 Å². The number of pyridine rings is 1. The largest absolute Gasteiger partial charge is 0.481 e. The highest BCUT2D eigenvalue weighted by Gasteiger charge is 2.36. The normalized spacial score (nSPS) is 14.9. The first-order valence-electron chi connectivity index (χ1n) is 9.98. The standard InChI is InChI=1S/C22H17BrF2N6O2/c1-12-5-16(20(24)25)29-31(12)21-13(8-26)3-4-19(28-21)30-11-27-15-6-14(23)18(7-17(15)30)33-22(2)9-32-10-22/h3-7,11,20H,9-10H2,1-2H3. The first-order valence-corrected chi connectivity index (χ1v) is 10.8. The molecule has 168 valence electrons. The van der Waals surface area contributed by atoms with Crippen LogP contribution < -0.4 is 4.74 Å². The number of aromatic nitrogens is 5. The van der Waals surface area contributed by atoms with Gasteiger partial charge >= 0.3 is 0 Å². The molecule has 0 N–H and O–H groups in total. The Labute approximate surface area is 195 Å². The Kier molecular flexibility index (Phi) is 5.14. The van der Waals surface area contributed by atoms with Crippen LogP contribution in [0.5, 0.6) is 5.75 Å². The van der Waals surface area contributed by atoms with Crippen LogP contribution in [0.3, 0.4) is 0 Å². The third kappa shape index (κ3) is 3.75. The van der Waals surface area contributed by atoms with Gasteiger partial charge in [-0.15, -0.1) is 0 Å². The SMILES string of the molecule is Cc1cc(C(F)F)nn1-c1nc(-n2cnc3cc(Br)c(OC4(C)COC4)cc32)ccc1C#N. The van der Waals surface area contributed by atoms with E-state index in [1.165, 1.54) is 10.7 Å². The van der Waals surface area contributed by atoms with Gasteiger partial charge in [-0.2, -0.15) is 10.4 Å². The van der Waals surface area contributed by atoms with Gasteiger partial charge in [0.25, 0.3) is 6.43 Å². The topological polar surface area (TPSA) is 90.8 Å². The van der Waals surface area contributed by atoms with Crippen LogP contribution in [0.15, 0.2) is 41.1 Å². The van der Waals surface area contributed by atoms with E-state index < -0.39 is 12.0 Å². The highest BCUT2D eigenvalue weighted by Crippen LogP contribution is 2.35. The van der Waals surface area contributed by atoms with Crippen LogP contribution in [0, 0.1) is 18.3 Å². The number of nitrogens with zero attached hydrogens (tertiary/aromatic N) is 6. The quantitative estimate of drug-likeness (QED) is 0.384. The van der Waals surface area contributed by atoms with Crippen LogP contribution in [0.25, 0.3) is 22.7 Å². The smallest absolute Gasteiger partial charge is 0.282 e. The Bertz CT molecular complexity index is 1420. The summed E-state index contributed by atoms with van der Waals surface area (Å²) in [5.41, 5.74) is 1.30. The molecule has 0 amide bonds. The molecule has 0 aliphatic carbocycles. The van der Waals surface area contributed by atoms with Gasteiger partial charge in [-0.1, -0.05) is 0 Å². The van der Waals surface area contributed by atoms with Crippen LogP contribution in [0.1, 0.15) is 30.3 Å². The molecular formula is C22H17BrF2N6O2. The van der Waals surface area contributed by atoms with E-state index in [2.05, 4.69) is 37.1 Å². The van der Waals surface area contributed by atoms with Gasteiger partial charge in [-0.3, -0.25) is 4.57 Å². The number of fused-ring (bicyclic) bond motifs is 1. The zero-order chi connectivity index (χ0) is 23.3. The summed E-state index contributed by atoms with van der Waals surface area (Å²) in [5, 5.41) is 13.5. The van der Waals surface area contributed by atoms with Crippen LogP contribution in [0.4, 0.5) is 8.78 Å². The molecule has 0 radical (unpaired) electrons. The molecule has 5 rings (SSSR count). The van der Waals surface area contributed by atoms with Crippen LogP contribution >= 0.6 is 15.9 Å². The first-order chi connectivity index (χ1) is 15.8. The van der Waals surface area contributed by atoms with Gasteiger partial charge in [0.05, 0.1) is 34.3 Å². The van der Waals surface area contributed by atoms with Gasteiger partial charge in [0.2, 0.25) is 0 Å². The Balaban J connectivity index is 1.62. The van der Waals surface area contributed by atoms with Gasteiger partial charge in [0, 0.05) is 11.8 Å². The van der Waals surface area contributed by atoms with E-state index in [-0.39, 0.29) is 17.1 Å². The van der Waals surface area contributed by atoms with Crippen LogP contribution in [0.2, 0.25) is 0 Å². The third-order valence-corrected chi connectivity index (χ3v) is 5.95. The summed E-state index contributed by atoms with van der Waals surface area (Å²) in [6, 6.07) is 10.3. The lowest BCUT2D eigenvalue weighted by Crippen LogP contribution is -2.51. The number of halogens is 3. The molecule has 8 nitrogen and oxygen atoms in total. The molecule has 0 spiro atoms. The first kappa shape index (κ1) is 21.5. The molecule has 1 saturated heterocycles. The van der Waals surface area contributed by atoms with Crippen molar-refractivity contribution in [2.45, 2.75) is 25.9 Å². The monoisotopic (exact) mass is 514 g/mol. The zero-order valence-corrected chi connectivity index (χ0v) is 19.2. The number of aryl methyl sites for hydroxylation is 1. The van der Waals surface area contributed by atoms with Gasteiger partial charge in [-0.25, -0.2) is 23.4 Å². The molecule has 0 unspecified atom stereocenters. The lowest BCUT2D eigenvalue weighted by Gasteiger charge is -2.38. The molecule has 33 heavy (non-hydrogen) atoms. The molecule has 1 aliphatic rings. The molecule has 1 fully saturated rings. The number of rotatable bonds is 5. The summed E-state index contributed by atoms with van der Waals surface area (Å²) in [7, 11) is 0. The van der Waals surface area contributed by atoms with E-state index in [4.69, 9.17) is 9.47 Å². The van der Waals surface area contributed by atoms with Crippen molar-refractivity contribution in [1.82, 2.24) is 24.3 Å². The minimum atomic E-state index is -2.73. The average Bonchev–Trinajstić information content (AvgIpc) is 3.35. The number of ether oxygens (including phenoxy) is 2. The average molecular weight is 515 g/mol. The lowest BCUT2D eigenvalue weighted by molar-refractivity contribution is -0.150. The second-order valence-corrected chi connectivity index (χ2v) is 8.86. The summed E-state index contributed by atoms with van der Waals surface area (Å²) >= 11 is 3.53.